The van der Waals surface area contributed by atoms with Crippen molar-refractivity contribution in [3.05, 3.63) is 41.5 Å². The zero-order chi connectivity index (χ0) is 22.6. The molecule has 1 aromatic heterocycles. The van der Waals surface area contributed by atoms with Crippen LogP contribution in [0.1, 0.15) is 42.3 Å². The average Bonchev–Trinajstić information content (AvgIpc) is 3.31. The van der Waals surface area contributed by atoms with Crippen LogP contribution in [0.4, 0.5) is 0 Å². The standard InChI is InChI=1S/C20H25N3O6S2/c1-4-23(15-9-10-31(26,27)12-15)19(24)13(2)28-20(25)16-7-5-6-8-17(16)30-11-18-21-14(3)22-29-18/h5-8,13,15H,4,9-12H2,1-3H3/t13-,15+/m0/s1. The molecule has 0 N–H and O–H groups in total. The monoisotopic (exact) mass is 467 g/mol. The molecule has 1 saturated heterocycles. The van der Waals surface area contributed by atoms with Crippen molar-refractivity contribution in [3.8, 4) is 0 Å². The number of aromatic nitrogens is 2. The Bertz CT molecular complexity index is 1050. The van der Waals surface area contributed by atoms with Crippen molar-refractivity contribution < 1.29 is 27.3 Å². The van der Waals surface area contributed by atoms with Crippen molar-refractivity contribution in [2.75, 3.05) is 18.1 Å². The molecule has 1 aromatic carbocycles. The Balaban J connectivity index is 1.65. The van der Waals surface area contributed by atoms with Gasteiger partial charge in [0, 0.05) is 17.5 Å². The molecular weight excluding hydrogens is 442 g/mol. The van der Waals surface area contributed by atoms with Crippen LogP contribution in [0.25, 0.3) is 0 Å². The molecule has 2 atom stereocenters. The largest absolute Gasteiger partial charge is 0.449 e. The second kappa shape index (κ2) is 9.82. The van der Waals surface area contributed by atoms with Gasteiger partial charge >= 0.3 is 5.97 Å². The number of carbonyl (C=O) groups excluding carboxylic acids is 2. The first-order valence-corrected chi connectivity index (χ1v) is 12.7. The summed E-state index contributed by atoms with van der Waals surface area (Å²) in [5, 5.41) is 3.74. The summed E-state index contributed by atoms with van der Waals surface area (Å²) in [6.45, 7) is 5.35. The number of esters is 1. The summed E-state index contributed by atoms with van der Waals surface area (Å²) >= 11 is 1.35. The maximum atomic E-state index is 12.9. The highest BCUT2D eigenvalue weighted by Gasteiger charge is 2.36. The molecule has 0 aliphatic carbocycles. The molecule has 31 heavy (non-hydrogen) atoms. The van der Waals surface area contributed by atoms with E-state index >= 15 is 0 Å². The smallest absolute Gasteiger partial charge is 0.340 e. The lowest BCUT2D eigenvalue weighted by molar-refractivity contribution is -0.141. The molecule has 0 unspecified atom stereocenters. The number of rotatable bonds is 8. The number of hydrogen-bond acceptors (Lipinski definition) is 9. The molecular formula is C20H25N3O6S2. The predicted molar refractivity (Wildman–Crippen MR) is 114 cm³/mol. The topological polar surface area (TPSA) is 120 Å². The number of nitrogens with zero attached hydrogens (tertiary/aromatic N) is 3. The highest BCUT2D eigenvalue weighted by molar-refractivity contribution is 7.98. The molecule has 168 valence electrons. The fourth-order valence-corrected chi connectivity index (χ4v) is 6.03. The molecule has 3 rings (SSSR count). The zero-order valence-corrected chi connectivity index (χ0v) is 19.2. The van der Waals surface area contributed by atoms with Crippen LogP contribution >= 0.6 is 11.8 Å². The number of hydrogen-bond donors (Lipinski definition) is 0. The van der Waals surface area contributed by atoms with Gasteiger partial charge < -0.3 is 14.2 Å². The van der Waals surface area contributed by atoms with E-state index in [-0.39, 0.29) is 17.5 Å². The highest BCUT2D eigenvalue weighted by Crippen LogP contribution is 2.27. The molecule has 11 heteroatoms. The number of thioether (sulfide) groups is 1. The average molecular weight is 468 g/mol. The van der Waals surface area contributed by atoms with Crippen LogP contribution in [0.2, 0.25) is 0 Å². The normalized spacial score (nSPS) is 18.5. The molecule has 1 aliphatic rings. The van der Waals surface area contributed by atoms with E-state index in [1.54, 1.807) is 38.1 Å². The summed E-state index contributed by atoms with van der Waals surface area (Å²) in [6.07, 6.45) is -0.635. The minimum atomic E-state index is -3.13. The Morgan fingerprint density at radius 2 is 2.10 bits per heavy atom. The summed E-state index contributed by atoms with van der Waals surface area (Å²) in [5.74, 6) is 0.358. The van der Waals surface area contributed by atoms with E-state index in [0.717, 1.165) is 0 Å². The van der Waals surface area contributed by atoms with Crippen LogP contribution in [-0.4, -0.2) is 65.5 Å². The lowest BCUT2D eigenvalue weighted by atomic mass is 10.2. The van der Waals surface area contributed by atoms with E-state index in [0.29, 0.717) is 40.9 Å². The number of benzene rings is 1. The van der Waals surface area contributed by atoms with Gasteiger partial charge in [-0.05, 0) is 39.3 Å². The van der Waals surface area contributed by atoms with E-state index < -0.39 is 27.8 Å². The van der Waals surface area contributed by atoms with Crippen LogP contribution < -0.4 is 0 Å². The van der Waals surface area contributed by atoms with Gasteiger partial charge in [-0.1, -0.05) is 17.3 Å². The minimum absolute atomic E-state index is 0.0537. The number of aryl methyl sites for hydroxylation is 1. The van der Waals surface area contributed by atoms with Crippen LogP contribution in [0.15, 0.2) is 33.7 Å². The number of sulfone groups is 1. The summed E-state index contributed by atoms with van der Waals surface area (Å²) in [6, 6.07) is 6.53. The van der Waals surface area contributed by atoms with Crippen molar-refractivity contribution in [1.29, 1.82) is 0 Å². The zero-order valence-electron chi connectivity index (χ0n) is 17.6. The van der Waals surface area contributed by atoms with Gasteiger partial charge in [-0.3, -0.25) is 4.79 Å². The molecule has 0 radical (unpaired) electrons. The molecule has 0 bridgehead atoms. The Hall–Kier alpha value is -2.40. The Labute approximate surface area is 185 Å². The summed E-state index contributed by atoms with van der Waals surface area (Å²) in [4.78, 5) is 31.9. The van der Waals surface area contributed by atoms with E-state index in [1.807, 2.05) is 0 Å². The molecule has 1 amide bonds. The van der Waals surface area contributed by atoms with Gasteiger partial charge in [0.1, 0.15) is 0 Å². The van der Waals surface area contributed by atoms with Gasteiger partial charge in [-0.2, -0.15) is 4.98 Å². The van der Waals surface area contributed by atoms with Crippen LogP contribution in [0, 0.1) is 6.92 Å². The second-order valence-electron chi connectivity index (χ2n) is 7.25. The lowest BCUT2D eigenvalue weighted by Crippen LogP contribution is -2.46. The minimum Gasteiger partial charge on any atom is -0.449 e. The van der Waals surface area contributed by atoms with Crippen LogP contribution in [0.5, 0.6) is 0 Å². The highest BCUT2D eigenvalue weighted by atomic mass is 32.2. The third-order valence-corrected chi connectivity index (χ3v) is 7.74. The molecule has 2 aromatic rings. The Morgan fingerprint density at radius 1 is 1.35 bits per heavy atom. The first-order chi connectivity index (χ1) is 14.7. The van der Waals surface area contributed by atoms with Gasteiger partial charge in [-0.25, -0.2) is 13.2 Å². The maximum Gasteiger partial charge on any atom is 0.340 e. The number of likely N-dealkylation sites (N-methyl/N-ethyl adjacent to an activating group) is 1. The predicted octanol–water partition coefficient (Wildman–Crippen LogP) is 2.25. The van der Waals surface area contributed by atoms with E-state index in [2.05, 4.69) is 10.1 Å². The number of amides is 1. The fourth-order valence-electron chi connectivity index (χ4n) is 3.42. The van der Waals surface area contributed by atoms with Crippen molar-refractivity contribution >= 4 is 33.5 Å². The second-order valence-corrected chi connectivity index (χ2v) is 10.5. The van der Waals surface area contributed by atoms with Crippen LogP contribution in [-0.2, 0) is 25.1 Å². The van der Waals surface area contributed by atoms with Gasteiger partial charge in [0.05, 0.1) is 22.8 Å². The molecule has 2 heterocycles. The van der Waals surface area contributed by atoms with Gasteiger partial charge in [0.2, 0.25) is 5.89 Å². The van der Waals surface area contributed by atoms with E-state index in [4.69, 9.17) is 9.26 Å². The van der Waals surface area contributed by atoms with Crippen LogP contribution in [0.3, 0.4) is 0 Å². The van der Waals surface area contributed by atoms with Crippen molar-refractivity contribution in [1.82, 2.24) is 15.0 Å². The first kappa shape index (κ1) is 23.3. The lowest BCUT2D eigenvalue weighted by Gasteiger charge is -2.29. The van der Waals surface area contributed by atoms with Crippen molar-refractivity contribution in [2.45, 2.75) is 50.0 Å². The van der Waals surface area contributed by atoms with Gasteiger partial charge in [0.15, 0.2) is 21.8 Å². The number of ether oxygens (including phenoxy) is 1. The Kier molecular flexibility index (Phi) is 7.37. The SMILES string of the molecule is CCN(C(=O)[C@H](C)OC(=O)c1ccccc1SCc1nc(C)no1)[C@@H]1CCS(=O)(=O)C1. The third kappa shape index (κ3) is 5.85. The van der Waals surface area contributed by atoms with Gasteiger partial charge in [0.25, 0.3) is 5.91 Å². The van der Waals surface area contributed by atoms with Gasteiger partial charge in [-0.15, -0.1) is 11.8 Å². The summed E-state index contributed by atoms with van der Waals surface area (Å²) in [5.41, 5.74) is 0.329. The Morgan fingerprint density at radius 3 is 2.71 bits per heavy atom. The maximum absolute atomic E-state index is 12.9. The quantitative estimate of drug-likeness (QED) is 0.425. The molecule has 1 fully saturated rings. The molecule has 0 spiro atoms. The molecule has 9 nitrogen and oxygen atoms in total. The first-order valence-electron chi connectivity index (χ1n) is 9.93. The van der Waals surface area contributed by atoms with E-state index in [1.165, 1.54) is 23.6 Å². The number of carbonyl (C=O) groups is 2. The third-order valence-electron chi connectivity index (χ3n) is 4.93. The van der Waals surface area contributed by atoms with Crippen molar-refractivity contribution in [3.63, 3.8) is 0 Å². The summed E-state index contributed by atoms with van der Waals surface area (Å²) < 4.78 is 34.1. The molecule has 0 saturated carbocycles. The molecule has 1 aliphatic heterocycles. The summed E-state index contributed by atoms with van der Waals surface area (Å²) in [7, 11) is -3.13. The van der Waals surface area contributed by atoms with E-state index in [9.17, 15) is 18.0 Å². The fraction of sp³-hybridized carbons (Fsp3) is 0.500. The van der Waals surface area contributed by atoms with Crippen molar-refractivity contribution in [2.24, 2.45) is 0 Å².